The molecule has 1 saturated heterocycles. The van der Waals surface area contributed by atoms with E-state index in [1.54, 1.807) is 6.20 Å². The van der Waals surface area contributed by atoms with Gasteiger partial charge in [-0.2, -0.15) is 0 Å². The Balaban J connectivity index is 1.54. The molecule has 2 aromatic heterocycles. The maximum Gasteiger partial charge on any atom is 0.287 e. The van der Waals surface area contributed by atoms with E-state index in [9.17, 15) is 9.59 Å². The van der Waals surface area contributed by atoms with Crippen LogP contribution >= 0.6 is 0 Å². The highest BCUT2D eigenvalue weighted by molar-refractivity contribution is 5.97. The van der Waals surface area contributed by atoms with E-state index < -0.39 is 0 Å². The van der Waals surface area contributed by atoms with Gasteiger partial charge in [-0.3, -0.25) is 14.6 Å². The van der Waals surface area contributed by atoms with E-state index in [0.717, 1.165) is 63.1 Å². The quantitative estimate of drug-likeness (QED) is 0.882. The Bertz CT molecular complexity index is 853. The molecular weight excluding hydrogens is 354 g/mol. The number of rotatable bonds is 4. The molecule has 0 radical (unpaired) electrons. The van der Waals surface area contributed by atoms with Gasteiger partial charge in [-0.1, -0.05) is 13.0 Å². The maximum absolute atomic E-state index is 13.1. The van der Waals surface area contributed by atoms with Crippen molar-refractivity contribution in [2.24, 2.45) is 5.92 Å². The van der Waals surface area contributed by atoms with Crippen LogP contribution < -0.4 is 5.32 Å². The highest BCUT2D eigenvalue weighted by Gasteiger charge is 2.31. The van der Waals surface area contributed by atoms with E-state index in [1.165, 1.54) is 0 Å². The van der Waals surface area contributed by atoms with Crippen LogP contribution in [0.2, 0.25) is 0 Å². The Hall–Kier alpha value is -2.70. The molecule has 2 amide bonds. The van der Waals surface area contributed by atoms with Gasteiger partial charge in [0, 0.05) is 25.8 Å². The molecule has 7 nitrogen and oxygen atoms in total. The van der Waals surface area contributed by atoms with Gasteiger partial charge in [-0.25, -0.2) is 4.98 Å². The molecule has 7 heteroatoms. The Labute approximate surface area is 165 Å². The van der Waals surface area contributed by atoms with Gasteiger partial charge >= 0.3 is 0 Å². The number of pyridine rings is 1. The summed E-state index contributed by atoms with van der Waals surface area (Å²) < 4.78 is 1.94. The van der Waals surface area contributed by atoms with Crippen molar-refractivity contribution in [1.29, 1.82) is 0 Å². The molecule has 2 aromatic rings. The molecule has 148 valence electrons. The van der Waals surface area contributed by atoms with E-state index in [1.807, 2.05) is 27.7 Å². The van der Waals surface area contributed by atoms with Gasteiger partial charge in [-0.15, -0.1) is 0 Å². The predicted molar refractivity (Wildman–Crippen MR) is 105 cm³/mol. The second kappa shape index (κ2) is 8.12. The van der Waals surface area contributed by atoms with Gasteiger partial charge in [0.15, 0.2) is 5.82 Å². The summed E-state index contributed by atoms with van der Waals surface area (Å²) >= 11 is 0. The normalized spacial score (nSPS) is 17.2. The van der Waals surface area contributed by atoms with Crippen molar-refractivity contribution in [3.63, 3.8) is 0 Å². The van der Waals surface area contributed by atoms with Gasteiger partial charge < -0.3 is 14.8 Å². The highest BCUT2D eigenvalue weighted by atomic mass is 16.2. The lowest BCUT2D eigenvalue weighted by Gasteiger charge is -2.30. The fourth-order valence-electron chi connectivity index (χ4n) is 4.00. The largest absolute Gasteiger partial charge is 0.344 e. The molecular formula is C21H27N5O2. The minimum absolute atomic E-state index is 0.0265. The summed E-state index contributed by atoms with van der Waals surface area (Å²) in [6, 6.07) is 5.60. The molecule has 0 aliphatic carbocycles. The molecule has 0 bridgehead atoms. The number of carbonyl (C=O) groups excluding carboxylic acids is 2. The van der Waals surface area contributed by atoms with Crippen molar-refractivity contribution < 1.29 is 9.59 Å². The summed E-state index contributed by atoms with van der Waals surface area (Å²) in [5.74, 6) is 0.730. The van der Waals surface area contributed by atoms with E-state index >= 15 is 0 Å². The first-order chi connectivity index (χ1) is 13.6. The maximum atomic E-state index is 13.1. The average Bonchev–Trinajstić information content (AvgIpc) is 3.13. The molecule has 28 heavy (non-hydrogen) atoms. The van der Waals surface area contributed by atoms with Crippen LogP contribution in [0, 0.1) is 5.92 Å². The molecule has 4 rings (SSSR count). The number of hydrogen-bond donors (Lipinski definition) is 1. The SMILES string of the molecule is CC1CCN(C(=O)c2nc(C(=O)NCc3ccccn3)n3c2CCCC3)CC1. The Morgan fingerprint density at radius 1 is 1.18 bits per heavy atom. The zero-order chi connectivity index (χ0) is 19.5. The van der Waals surface area contributed by atoms with E-state index in [-0.39, 0.29) is 11.8 Å². The fraction of sp³-hybridized carbons (Fsp3) is 0.524. The fourth-order valence-corrected chi connectivity index (χ4v) is 4.00. The number of likely N-dealkylation sites (tertiary alicyclic amines) is 1. The summed E-state index contributed by atoms with van der Waals surface area (Å²) in [6.45, 7) is 4.85. The highest BCUT2D eigenvalue weighted by Crippen LogP contribution is 2.24. The number of imidazole rings is 1. The Morgan fingerprint density at radius 3 is 2.75 bits per heavy atom. The van der Waals surface area contributed by atoms with Crippen LogP contribution in [-0.4, -0.2) is 44.3 Å². The van der Waals surface area contributed by atoms with Crippen LogP contribution in [0.3, 0.4) is 0 Å². The van der Waals surface area contributed by atoms with E-state index in [4.69, 9.17) is 0 Å². The molecule has 0 atom stereocenters. The summed E-state index contributed by atoms with van der Waals surface area (Å²) in [5.41, 5.74) is 2.18. The van der Waals surface area contributed by atoms with E-state index in [0.29, 0.717) is 24.0 Å². The van der Waals surface area contributed by atoms with Crippen LogP contribution in [0.4, 0.5) is 0 Å². The Kier molecular flexibility index (Phi) is 5.41. The van der Waals surface area contributed by atoms with Crippen molar-refractivity contribution in [2.45, 2.75) is 52.1 Å². The lowest BCUT2D eigenvalue weighted by molar-refractivity contribution is 0.0690. The topological polar surface area (TPSA) is 80.1 Å². The average molecular weight is 381 g/mol. The number of fused-ring (bicyclic) bond motifs is 1. The number of aromatic nitrogens is 3. The first kappa shape index (κ1) is 18.7. The third-order valence-corrected chi connectivity index (χ3v) is 5.75. The molecule has 1 fully saturated rings. The molecule has 1 N–H and O–H groups in total. The van der Waals surface area contributed by atoms with Gasteiger partial charge in [0.2, 0.25) is 0 Å². The first-order valence-corrected chi connectivity index (χ1v) is 10.2. The van der Waals surface area contributed by atoms with Gasteiger partial charge in [0.25, 0.3) is 11.8 Å². The summed E-state index contributed by atoms with van der Waals surface area (Å²) in [4.78, 5) is 36.6. The molecule has 4 heterocycles. The molecule has 2 aliphatic heterocycles. The molecule has 0 saturated carbocycles. The summed E-state index contributed by atoms with van der Waals surface area (Å²) in [7, 11) is 0. The van der Waals surface area contributed by atoms with E-state index in [2.05, 4.69) is 22.2 Å². The smallest absolute Gasteiger partial charge is 0.287 e. The number of nitrogens with one attached hydrogen (secondary N) is 1. The lowest BCUT2D eigenvalue weighted by Crippen LogP contribution is -2.38. The number of carbonyl (C=O) groups is 2. The van der Waals surface area contributed by atoms with Crippen LogP contribution in [0.15, 0.2) is 24.4 Å². The zero-order valence-electron chi connectivity index (χ0n) is 16.4. The molecule has 0 aromatic carbocycles. The summed E-state index contributed by atoms with van der Waals surface area (Å²) in [6.07, 6.45) is 6.58. The van der Waals surface area contributed by atoms with Crippen LogP contribution in [0.5, 0.6) is 0 Å². The number of amides is 2. The minimum atomic E-state index is -0.250. The zero-order valence-corrected chi connectivity index (χ0v) is 16.4. The van der Waals surface area contributed by atoms with Crippen molar-refractivity contribution in [3.8, 4) is 0 Å². The van der Waals surface area contributed by atoms with Crippen LogP contribution in [0.1, 0.15) is 65.1 Å². The number of piperidine rings is 1. The second-order valence-electron chi connectivity index (χ2n) is 7.82. The van der Waals surface area contributed by atoms with Crippen molar-refractivity contribution >= 4 is 11.8 Å². The first-order valence-electron chi connectivity index (χ1n) is 10.2. The monoisotopic (exact) mass is 381 g/mol. The Morgan fingerprint density at radius 2 is 2.00 bits per heavy atom. The van der Waals surface area contributed by atoms with Crippen molar-refractivity contribution in [2.75, 3.05) is 13.1 Å². The second-order valence-corrected chi connectivity index (χ2v) is 7.82. The third-order valence-electron chi connectivity index (χ3n) is 5.75. The number of nitrogens with zero attached hydrogens (tertiary/aromatic N) is 4. The standard InChI is InChI=1S/C21H27N5O2/c1-15-8-12-25(13-9-15)21(28)18-17-7-3-5-11-26(17)19(24-18)20(27)23-14-16-6-2-4-10-22-16/h2,4,6,10,15H,3,5,7-9,11-14H2,1H3,(H,23,27). The van der Waals surface area contributed by atoms with Crippen molar-refractivity contribution in [1.82, 2.24) is 24.8 Å². The van der Waals surface area contributed by atoms with Gasteiger partial charge in [0.05, 0.1) is 17.9 Å². The third kappa shape index (κ3) is 3.79. The predicted octanol–water partition coefficient (Wildman–Crippen LogP) is 2.42. The van der Waals surface area contributed by atoms with Gasteiger partial charge in [-0.05, 0) is 50.2 Å². The summed E-state index contributed by atoms with van der Waals surface area (Å²) in [5, 5.41) is 2.89. The van der Waals surface area contributed by atoms with Crippen LogP contribution in [0.25, 0.3) is 0 Å². The molecule has 0 spiro atoms. The van der Waals surface area contributed by atoms with Gasteiger partial charge in [0.1, 0.15) is 5.69 Å². The van der Waals surface area contributed by atoms with Crippen LogP contribution in [-0.2, 0) is 19.5 Å². The van der Waals surface area contributed by atoms with Crippen molar-refractivity contribution in [3.05, 3.63) is 47.3 Å². The molecule has 2 aliphatic rings. The molecule has 0 unspecified atom stereocenters. The minimum Gasteiger partial charge on any atom is -0.344 e. The lowest BCUT2D eigenvalue weighted by atomic mass is 9.98. The number of hydrogen-bond acceptors (Lipinski definition) is 4.